The Hall–Kier alpha value is -2.45. The average molecular weight is 509 g/mol. The molecule has 34 heavy (non-hydrogen) atoms. The molecule has 4 rings (SSSR count). The van der Waals surface area contributed by atoms with Gasteiger partial charge in [-0.1, -0.05) is 0 Å². The topological polar surface area (TPSA) is 170 Å². The molecule has 1 aliphatic rings. The van der Waals surface area contributed by atoms with Gasteiger partial charge < -0.3 is 26.0 Å². The van der Waals surface area contributed by atoms with Crippen LogP contribution in [0.4, 0.5) is 11.8 Å². The molecule has 0 saturated heterocycles. The molecule has 0 radical (unpaired) electrons. The fraction of sp³-hybridized carbons (Fsp3) is 0.524. The van der Waals surface area contributed by atoms with Crippen molar-refractivity contribution in [2.45, 2.75) is 38.5 Å². The van der Waals surface area contributed by atoms with E-state index >= 15 is 0 Å². The van der Waals surface area contributed by atoms with Gasteiger partial charge in [-0.3, -0.25) is 4.98 Å². The summed E-state index contributed by atoms with van der Waals surface area (Å²) in [5.41, 5.74) is 2.83. The summed E-state index contributed by atoms with van der Waals surface area (Å²) in [6.45, 7) is 3.58. The minimum Gasteiger partial charge on any atom is -0.396 e. The van der Waals surface area contributed by atoms with Crippen molar-refractivity contribution in [3.05, 3.63) is 23.7 Å². The van der Waals surface area contributed by atoms with E-state index in [1.54, 1.807) is 13.1 Å². The molecule has 5 N–H and O–H groups in total. The Labute approximate surface area is 201 Å². The second kappa shape index (κ2) is 9.66. The number of aromatic nitrogens is 4. The Balaban J connectivity index is 1.74. The highest BCUT2D eigenvalue weighted by Crippen LogP contribution is 2.38. The quantitative estimate of drug-likeness (QED) is 0.291. The van der Waals surface area contributed by atoms with Crippen LogP contribution in [-0.4, -0.2) is 87.1 Å². The number of nitrogens with zero attached hydrogens (tertiary/aromatic N) is 4. The molecule has 184 valence electrons. The first-order valence-electron chi connectivity index (χ1n) is 10.8. The number of pyridine rings is 1. The van der Waals surface area contributed by atoms with Crippen molar-refractivity contribution in [1.82, 2.24) is 19.9 Å². The summed E-state index contributed by atoms with van der Waals surface area (Å²) < 4.78 is 23.9. The smallest absolute Gasteiger partial charge is 0.224 e. The number of sulfone groups is 1. The van der Waals surface area contributed by atoms with Gasteiger partial charge in [0, 0.05) is 31.5 Å². The number of aliphatic hydroxyl groups is 3. The van der Waals surface area contributed by atoms with Gasteiger partial charge in [0.2, 0.25) is 5.95 Å². The summed E-state index contributed by atoms with van der Waals surface area (Å²) in [7, 11) is -3.16. The molecule has 1 fully saturated rings. The highest BCUT2D eigenvalue weighted by Gasteiger charge is 2.41. The highest BCUT2D eigenvalue weighted by molar-refractivity contribution is 7.90. The number of rotatable bonds is 8. The third-order valence-electron chi connectivity index (χ3n) is 5.91. The monoisotopic (exact) mass is 508 g/mol. The number of hydrogen-bond acceptors (Lipinski definition) is 12. The van der Waals surface area contributed by atoms with Crippen LogP contribution in [0, 0.1) is 19.8 Å². The molecule has 1 unspecified atom stereocenters. The van der Waals surface area contributed by atoms with E-state index < -0.39 is 34.0 Å². The molecule has 4 atom stereocenters. The first-order chi connectivity index (χ1) is 16.1. The van der Waals surface area contributed by atoms with Crippen LogP contribution >= 0.6 is 11.3 Å². The van der Waals surface area contributed by atoms with E-state index in [1.807, 2.05) is 13.0 Å². The third kappa shape index (κ3) is 5.13. The van der Waals surface area contributed by atoms with Crippen molar-refractivity contribution in [1.29, 1.82) is 0 Å². The number of aliphatic hydroxyl groups excluding tert-OH is 3. The van der Waals surface area contributed by atoms with Crippen LogP contribution in [-0.2, 0) is 9.84 Å². The maximum absolute atomic E-state index is 11.5. The van der Waals surface area contributed by atoms with Crippen LogP contribution in [0.15, 0.2) is 12.3 Å². The van der Waals surface area contributed by atoms with Crippen molar-refractivity contribution in [2.24, 2.45) is 5.92 Å². The minimum atomic E-state index is -3.16. The lowest BCUT2D eigenvalue weighted by molar-refractivity contribution is 0.00446. The number of fused-ring (bicyclic) bond motifs is 1. The van der Waals surface area contributed by atoms with Crippen molar-refractivity contribution >= 4 is 43.2 Å². The molecule has 0 amide bonds. The molecule has 0 spiro atoms. The lowest BCUT2D eigenvalue weighted by Gasteiger charge is -2.21. The summed E-state index contributed by atoms with van der Waals surface area (Å²) in [5, 5.41) is 37.1. The third-order valence-corrected chi connectivity index (χ3v) is 7.89. The average Bonchev–Trinajstić information content (AvgIpc) is 3.30. The Bertz CT molecular complexity index is 1300. The summed E-state index contributed by atoms with van der Waals surface area (Å²) >= 11 is 1.46. The second-order valence-electron chi connectivity index (χ2n) is 8.59. The molecule has 13 heteroatoms. The predicted molar refractivity (Wildman–Crippen MR) is 131 cm³/mol. The van der Waals surface area contributed by atoms with Crippen molar-refractivity contribution in [2.75, 3.05) is 35.8 Å². The van der Waals surface area contributed by atoms with E-state index in [0.29, 0.717) is 28.5 Å². The Morgan fingerprint density at radius 2 is 1.91 bits per heavy atom. The SMILES string of the molecule is Cc1nc(NCCS(C)(=O)=O)nc(NC2C[C@H](CO)[C@@H](O)[C@H]2O)c1-c1nc2c(C)nccc2s1. The van der Waals surface area contributed by atoms with Crippen molar-refractivity contribution in [3.8, 4) is 10.6 Å². The molecule has 0 bridgehead atoms. The summed E-state index contributed by atoms with van der Waals surface area (Å²) in [6.07, 6.45) is 1.08. The lowest BCUT2D eigenvalue weighted by Crippen LogP contribution is -2.35. The molecule has 11 nitrogen and oxygen atoms in total. The Kier molecular flexibility index (Phi) is 7.01. The van der Waals surface area contributed by atoms with Gasteiger partial charge in [0.05, 0.1) is 39.5 Å². The van der Waals surface area contributed by atoms with Gasteiger partial charge in [0.1, 0.15) is 32.3 Å². The number of nitrogens with one attached hydrogen (secondary N) is 2. The van der Waals surface area contributed by atoms with Crippen LogP contribution in [0.3, 0.4) is 0 Å². The molecular formula is C21H28N6O5S2. The van der Waals surface area contributed by atoms with Crippen LogP contribution in [0.2, 0.25) is 0 Å². The molecule has 3 aromatic heterocycles. The van der Waals surface area contributed by atoms with Gasteiger partial charge in [-0.25, -0.2) is 18.4 Å². The van der Waals surface area contributed by atoms with Gasteiger partial charge in [-0.2, -0.15) is 4.98 Å². The van der Waals surface area contributed by atoms with Crippen LogP contribution in [0.25, 0.3) is 20.8 Å². The molecule has 1 aliphatic carbocycles. The molecular weight excluding hydrogens is 480 g/mol. The van der Waals surface area contributed by atoms with Gasteiger partial charge in [-0.15, -0.1) is 11.3 Å². The van der Waals surface area contributed by atoms with E-state index in [-0.39, 0.29) is 24.9 Å². The first-order valence-corrected chi connectivity index (χ1v) is 13.7. The maximum atomic E-state index is 11.5. The Morgan fingerprint density at radius 3 is 2.56 bits per heavy atom. The lowest BCUT2D eigenvalue weighted by atomic mass is 10.1. The van der Waals surface area contributed by atoms with Crippen LogP contribution in [0.1, 0.15) is 17.8 Å². The van der Waals surface area contributed by atoms with Crippen molar-refractivity contribution in [3.63, 3.8) is 0 Å². The van der Waals surface area contributed by atoms with Gasteiger partial charge in [-0.05, 0) is 26.3 Å². The summed E-state index contributed by atoms with van der Waals surface area (Å²) in [5.74, 6) is 0.102. The van der Waals surface area contributed by atoms with E-state index in [1.165, 1.54) is 11.3 Å². The van der Waals surface area contributed by atoms with E-state index in [4.69, 9.17) is 4.98 Å². The normalized spacial score (nSPS) is 22.9. The van der Waals surface area contributed by atoms with E-state index in [0.717, 1.165) is 22.2 Å². The molecule has 1 saturated carbocycles. The molecule has 3 aromatic rings. The zero-order chi connectivity index (χ0) is 24.6. The van der Waals surface area contributed by atoms with Crippen molar-refractivity contribution < 1.29 is 23.7 Å². The van der Waals surface area contributed by atoms with Crippen LogP contribution < -0.4 is 10.6 Å². The zero-order valence-corrected chi connectivity index (χ0v) is 20.7. The highest BCUT2D eigenvalue weighted by atomic mass is 32.2. The zero-order valence-electron chi connectivity index (χ0n) is 19.1. The standard InChI is InChI=1S/C21H28N6O5S2/c1-10-15(20-26-16-11(2)22-5-4-14(16)33-20)19(25-13-8-12(9-28)17(29)18(13)30)27-21(24-10)23-6-7-34(3,31)32/h4-5,12-13,17-18,28-30H,6-9H2,1-3H3,(H2,23,24,25,27)/t12-,13?,17-,18+/m1/s1. The van der Waals surface area contributed by atoms with Gasteiger partial charge >= 0.3 is 0 Å². The number of thiazole rings is 1. The van der Waals surface area contributed by atoms with Gasteiger partial charge in [0.25, 0.3) is 0 Å². The maximum Gasteiger partial charge on any atom is 0.224 e. The van der Waals surface area contributed by atoms with E-state index in [9.17, 15) is 23.7 Å². The summed E-state index contributed by atoms with van der Waals surface area (Å²) in [4.78, 5) is 18.1. The largest absolute Gasteiger partial charge is 0.396 e. The fourth-order valence-electron chi connectivity index (χ4n) is 4.07. The predicted octanol–water partition coefficient (Wildman–Crippen LogP) is 0.736. The Morgan fingerprint density at radius 1 is 1.15 bits per heavy atom. The van der Waals surface area contributed by atoms with E-state index in [2.05, 4.69) is 25.6 Å². The van der Waals surface area contributed by atoms with Gasteiger partial charge in [0.15, 0.2) is 0 Å². The number of hydrogen-bond donors (Lipinski definition) is 5. The number of aryl methyl sites for hydroxylation is 2. The molecule has 0 aliphatic heterocycles. The number of anilines is 2. The molecule has 0 aromatic carbocycles. The minimum absolute atomic E-state index is 0.0736. The molecule has 3 heterocycles. The summed E-state index contributed by atoms with van der Waals surface area (Å²) in [6, 6.07) is 1.33. The van der Waals surface area contributed by atoms with Crippen LogP contribution in [0.5, 0.6) is 0 Å². The second-order valence-corrected chi connectivity index (χ2v) is 11.9. The fourth-order valence-corrected chi connectivity index (χ4v) is 5.66. The first kappa shape index (κ1) is 24.7.